The molecule has 1 aromatic rings. The van der Waals surface area contributed by atoms with Crippen LogP contribution in [0.3, 0.4) is 0 Å². The largest absolute Gasteiger partial charge is 0.392 e. The van der Waals surface area contributed by atoms with E-state index in [0.29, 0.717) is 25.1 Å². The first-order chi connectivity index (χ1) is 12.5. The summed E-state index contributed by atoms with van der Waals surface area (Å²) in [5.41, 5.74) is 1.36. The fourth-order valence-corrected chi connectivity index (χ4v) is 4.52. The molecule has 0 amide bonds. The summed E-state index contributed by atoms with van der Waals surface area (Å²) in [4.78, 5) is 26.4. The van der Waals surface area contributed by atoms with Gasteiger partial charge in [-0.3, -0.25) is 14.5 Å². The summed E-state index contributed by atoms with van der Waals surface area (Å²) in [6.07, 6.45) is 4.16. The van der Waals surface area contributed by atoms with Gasteiger partial charge in [-0.15, -0.1) is 0 Å². The van der Waals surface area contributed by atoms with Gasteiger partial charge in [0.1, 0.15) is 5.82 Å². The van der Waals surface area contributed by atoms with Crippen molar-refractivity contribution in [3.05, 3.63) is 47.3 Å². The molecule has 1 saturated heterocycles. The summed E-state index contributed by atoms with van der Waals surface area (Å²) in [5, 5.41) is 9.39. The first kappa shape index (κ1) is 19.3. The van der Waals surface area contributed by atoms with Crippen molar-refractivity contribution >= 4 is 22.7 Å². The summed E-state index contributed by atoms with van der Waals surface area (Å²) < 4.78 is 14.5. The molecule has 1 aliphatic heterocycles. The second-order valence-corrected chi connectivity index (χ2v) is 8.30. The van der Waals surface area contributed by atoms with Crippen molar-refractivity contribution in [1.29, 1.82) is 0 Å². The Labute approximate surface area is 157 Å². The van der Waals surface area contributed by atoms with Gasteiger partial charge in [0.2, 0.25) is 0 Å². The molecule has 1 N–H and O–H groups in total. The van der Waals surface area contributed by atoms with E-state index in [-0.39, 0.29) is 34.5 Å². The zero-order chi connectivity index (χ0) is 18.7. The number of aliphatic hydroxyl groups excluding tert-OH is 1. The second kappa shape index (κ2) is 8.46. The third-order valence-electron chi connectivity index (χ3n) is 4.95. The quantitative estimate of drug-likeness (QED) is 0.772. The summed E-state index contributed by atoms with van der Waals surface area (Å²) in [7, 11) is 0. The monoisotopic (exact) mass is 377 g/mol. The molecule has 1 heterocycles. The molecular formula is C20H24FNO3S. The summed E-state index contributed by atoms with van der Waals surface area (Å²) in [5.74, 6) is -0.260. The van der Waals surface area contributed by atoms with Crippen LogP contribution >= 0.6 is 11.8 Å². The summed E-state index contributed by atoms with van der Waals surface area (Å²) >= 11 is 1.26. The van der Waals surface area contributed by atoms with Crippen LogP contribution < -0.4 is 0 Å². The van der Waals surface area contributed by atoms with Gasteiger partial charge in [-0.2, -0.15) is 0 Å². The van der Waals surface area contributed by atoms with Gasteiger partial charge in [-0.05, 0) is 30.9 Å². The van der Waals surface area contributed by atoms with Crippen molar-refractivity contribution in [2.45, 2.75) is 37.5 Å². The minimum absolute atomic E-state index is 0.00759. The van der Waals surface area contributed by atoms with Crippen molar-refractivity contribution < 1.29 is 19.1 Å². The minimum atomic E-state index is -0.603. The number of hydrogen-bond donors (Lipinski definition) is 1. The lowest BCUT2D eigenvalue weighted by Crippen LogP contribution is -2.43. The second-order valence-electron chi connectivity index (χ2n) is 6.92. The van der Waals surface area contributed by atoms with Crippen LogP contribution in [0.15, 0.2) is 35.9 Å². The fraction of sp³-hybridized carbons (Fsp3) is 0.500. The van der Waals surface area contributed by atoms with E-state index in [1.165, 1.54) is 24.8 Å². The number of carbonyl (C=O) groups excluding carboxylic acids is 2. The number of carbonyl (C=O) groups is 2. The van der Waals surface area contributed by atoms with Crippen LogP contribution in [0.2, 0.25) is 0 Å². The molecule has 3 rings (SSSR count). The highest BCUT2D eigenvalue weighted by Crippen LogP contribution is 2.40. The summed E-state index contributed by atoms with van der Waals surface area (Å²) in [6, 6.07) is 5.87. The van der Waals surface area contributed by atoms with E-state index in [9.17, 15) is 19.1 Å². The van der Waals surface area contributed by atoms with E-state index in [2.05, 4.69) is 0 Å². The molecule has 26 heavy (non-hydrogen) atoms. The van der Waals surface area contributed by atoms with Gasteiger partial charge in [-0.1, -0.05) is 36.0 Å². The van der Waals surface area contributed by atoms with Crippen molar-refractivity contribution in [1.82, 2.24) is 4.90 Å². The van der Waals surface area contributed by atoms with E-state index in [0.717, 1.165) is 18.4 Å². The topological polar surface area (TPSA) is 57.6 Å². The Hall–Kier alpha value is -1.50. The predicted molar refractivity (Wildman–Crippen MR) is 100 cm³/mol. The highest BCUT2D eigenvalue weighted by molar-refractivity contribution is 8.14. The SMILES string of the molecule is CC(=O)SC1CCN(C(C(=O)C2CC2)c2ccccc2F)C/C1=C/CO. The molecular weight excluding hydrogens is 353 g/mol. The smallest absolute Gasteiger partial charge is 0.186 e. The Balaban J connectivity index is 1.87. The van der Waals surface area contributed by atoms with Gasteiger partial charge in [0.15, 0.2) is 10.9 Å². The maximum absolute atomic E-state index is 14.5. The maximum atomic E-state index is 14.5. The van der Waals surface area contributed by atoms with E-state index in [1.807, 2.05) is 4.90 Å². The zero-order valence-electron chi connectivity index (χ0n) is 14.9. The lowest BCUT2D eigenvalue weighted by molar-refractivity contribution is -0.126. The molecule has 2 aliphatic rings. The molecule has 6 heteroatoms. The molecule has 2 unspecified atom stereocenters. The minimum Gasteiger partial charge on any atom is -0.392 e. The Morgan fingerprint density at radius 1 is 1.35 bits per heavy atom. The van der Waals surface area contributed by atoms with Gasteiger partial charge < -0.3 is 5.11 Å². The van der Waals surface area contributed by atoms with Crippen LogP contribution in [-0.2, 0) is 9.59 Å². The highest BCUT2D eigenvalue weighted by Gasteiger charge is 2.41. The van der Waals surface area contributed by atoms with Gasteiger partial charge in [0.05, 0.1) is 12.6 Å². The molecule has 1 aromatic carbocycles. The molecule has 0 spiro atoms. The number of thioether (sulfide) groups is 1. The third kappa shape index (κ3) is 4.42. The Morgan fingerprint density at radius 2 is 2.08 bits per heavy atom. The number of rotatable bonds is 6. The van der Waals surface area contributed by atoms with E-state index in [4.69, 9.17) is 0 Å². The molecule has 0 radical (unpaired) electrons. The van der Waals surface area contributed by atoms with Crippen LogP contribution in [0.1, 0.15) is 37.8 Å². The van der Waals surface area contributed by atoms with E-state index in [1.54, 1.807) is 24.3 Å². The van der Waals surface area contributed by atoms with Gasteiger partial charge in [0, 0.05) is 36.7 Å². The molecule has 4 nitrogen and oxygen atoms in total. The Morgan fingerprint density at radius 3 is 2.69 bits per heavy atom. The predicted octanol–water partition coefficient (Wildman–Crippen LogP) is 3.12. The van der Waals surface area contributed by atoms with Crippen LogP contribution in [0.5, 0.6) is 0 Å². The van der Waals surface area contributed by atoms with Crippen molar-refractivity contribution in [3.63, 3.8) is 0 Å². The number of piperidine rings is 1. The number of aliphatic hydroxyl groups is 1. The number of ketones is 1. The molecule has 2 fully saturated rings. The van der Waals surface area contributed by atoms with Crippen molar-refractivity contribution in [2.75, 3.05) is 19.7 Å². The van der Waals surface area contributed by atoms with Crippen LogP contribution in [0, 0.1) is 11.7 Å². The zero-order valence-corrected chi connectivity index (χ0v) is 15.7. The molecule has 1 aliphatic carbocycles. The molecule has 140 valence electrons. The highest BCUT2D eigenvalue weighted by atomic mass is 32.2. The third-order valence-corrected chi connectivity index (χ3v) is 6.11. The van der Waals surface area contributed by atoms with Crippen LogP contribution in [-0.4, -0.2) is 45.9 Å². The number of halogens is 1. The average molecular weight is 377 g/mol. The lowest BCUT2D eigenvalue weighted by Gasteiger charge is -2.38. The molecule has 1 saturated carbocycles. The summed E-state index contributed by atoms with van der Waals surface area (Å²) in [6.45, 7) is 2.50. The Bertz CT molecular complexity index is 717. The first-order valence-electron chi connectivity index (χ1n) is 9.00. The fourth-order valence-electron chi connectivity index (χ4n) is 3.57. The first-order valence-corrected chi connectivity index (χ1v) is 9.88. The van der Waals surface area contributed by atoms with Gasteiger partial charge in [-0.25, -0.2) is 4.39 Å². The Kier molecular flexibility index (Phi) is 6.27. The normalized spacial score (nSPS) is 23.8. The van der Waals surface area contributed by atoms with Crippen molar-refractivity contribution in [2.24, 2.45) is 5.92 Å². The molecule has 2 atom stereocenters. The van der Waals surface area contributed by atoms with E-state index >= 15 is 0 Å². The molecule has 0 bridgehead atoms. The average Bonchev–Trinajstić information content (AvgIpc) is 3.44. The van der Waals surface area contributed by atoms with Crippen LogP contribution in [0.4, 0.5) is 4.39 Å². The number of Topliss-reactive ketones (excluding diaryl/α,β-unsaturated/α-hetero) is 1. The van der Waals surface area contributed by atoms with Gasteiger partial charge >= 0.3 is 0 Å². The number of hydrogen-bond acceptors (Lipinski definition) is 5. The number of nitrogens with zero attached hydrogens (tertiary/aromatic N) is 1. The number of benzene rings is 1. The van der Waals surface area contributed by atoms with Crippen LogP contribution in [0.25, 0.3) is 0 Å². The van der Waals surface area contributed by atoms with Gasteiger partial charge in [0.25, 0.3) is 0 Å². The van der Waals surface area contributed by atoms with E-state index < -0.39 is 6.04 Å². The molecule has 0 aromatic heterocycles. The number of likely N-dealkylation sites (tertiary alicyclic amines) is 1. The maximum Gasteiger partial charge on any atom is 0.186 e. The standard InChI is InChI=1S/C20H24FNO3S/c1-13(24)26-18-8-10-22(12-15(18)9-11-23)19(20(25)14-6-7-14)16-4-2-3-5-17(16)21/h2-5,9,14,18-19,23H,6-8,10-12H2,1H3/b15-9-. The lowest BCUT2D eigenvalue weighted by atomic mass is 9.93. The van der Waals surface area contributed by atoms with Crippen molar-refractivity contribution in [3.8, 4) is 0 Å².